The zero-order chi connectivity index (χ0) is 27.9. The van der Waals surface area contributed by atoms with Gasteiger partial charge in [0.2, 0.25) is 0 Å². The predicted molar refractivity (Wildman–Crippen MR) is 151 cm³/mol. The van der Waals surface area contributed by atoms with Crippen LogP contribution >= 0.6 is 11.6 Å². The molecule has 1 aliphatic heterocycles. The zero-order valence-corrected chi connectivity index (χ0v) is 22.4. The lowest BCUT2D eigenvalue weighted by atomic mass is 10.1. The van der Waals surface area contributed by atoms with Gasteiger partial charge in [-0.1, -0.05) is 49.2 Å². The highest BCUT2D eigenvalue weighted by Crippen LogP contribution is 2.30. The molecule has 0 bridgehead atoms. The molecule has 3 aromatic rings. The van der Waals surface area contributed by atoms with Crippen LogP contribution in [0.4, 0.5) is 17.1 Å². The number of benzene rings is 3. The number of esters is 1. The van der Waals surface area contributed by atoms with Crippen LogP contribution in [-0.4, -0.2) is 30.3 Å². The molecule has 0 saturated heterocycles. The van der Waals surface area contributed by atoms with E-state index in [0.717, 1.165) is 29.7 Å². The minimum Gasteiger partial charge on any atom is -0.462 e. The van der Waals surface area contributed by atoms with E-state index in [1.54, 1.807) is 55.5 Å². The van der Waals surface area contributed by atoms with Crippen LogP contribution in [0.3, 0.4) is 0 Å². The summed E-state index contributed by atoms with van der Waals surface area (Å²) < 4.78 is 5.00. The summed E-state index contributed by atoms with van der Waals surface area (Å²) in [6, 6.07) is 20.1. The molecule has 200 valence electrons. The van der Waals surface area contributed by atoms with E-state index in [-0.39, 0.29) is 22.9 Å². The average molecular weight is 546 g/mol. The Morgan fingerprint density at radius 3 is 2.23 bits per heavy atom. The molecule has 0 aromatic heterocycles. The minimum absolute atomic E-state index is 0.0728. The van der Waals surface area contributed by atoms with E-state index in [1.165, 1.54) is 12.1 Å². The van der Waals surface area contributed by atoms with E-state index in [4.69, 9.17) is 16.3 Å². The molecule has 3 amide bonds. The van der Waals surface area contributed by atoms with Gasteiger partial charge in [0.1, 0.15) is 10.7 Å². The number of hydrogen-bond donors (Lipinski definition) is 2. The van der Waals surface area contributed by atoms with Crippen molar-refractivity contribution >= 4 is 52.4 Å². The fourth-order valence-corrected chi connectivity index (χ4v) is 4.28. The number of aryl methyl sites for hydroxylation is 1. The molecule has 0 fully saturated rings. The molecule has 4 rings (SSSR count). The first-order valence-corrected chi connectivity index (χ1v) is 13.0. The number of halogens is 1. The standard InChI is InChI=1S/C30H28ClN3O5/c1-3-5-8-19-13-15-24(16-14-19)34-28(36)25(31)26(29(34)37)32-22-11-6-9-20(17-22)27(35)33-23-12-7-10-21(18-23)30(38)39-4-2/h6-7,9-18,32H,3-5,8H2,1-2H3,(H,33,35). The molecule has 39 heavy (non-hydrogen) atoms. The van der Waals surface area contributed by atoms with Crippen molar-refractivity contribution in [3.05, 3.63) is 100 Å². The van der Waals surface area contributed by atoms with Crippen LogP contribution in [0.5, 0.6) is 0 Å². The average Bonchev–Trinajstić information content (AvgIpc) is 3.15. The van der Waals surface area contributed by atoms with Crippen LogP contribution in [0.15, 0.2) is 83.5 Å². The highest BCUT2D eigenvalue weighted by Gasteiger charge is 2.39. The monoisotopic (exact) mass is 545 g/mol. The maximum absolute atomic E-state index is 13.2. The summed E-state index contributed by atoms with van der Waals surface area (Å²) in [6.45, 7) is 4.07. The van der Waals surface area contributed by atoms with E-state index < -0.39 is 23.7 Å². The van der Waals surface area contributed by atoms with E-state index in [0.29, 0.717) is 22.6 Å². The van der Waals surface area contributed by atoms with Crippen molar-refractivity contribution in [1.29, 1.82) is 0 Å². The molecule has 9 heteroatoms. The second-order valence-electron chi connectivity index (χ2n) is 8.87. The summed E-state index contributed by atoms with van der Waals surface area (Å²) >= 11 is 6.28. The number of imide groups is 1. The zero-order valence-electron chi connectivity index (χ0n) is 21.6. The van der Waals surface area contributed by atoms with E-state index in [9.17, 15) is 19.2 Å². The van der Waals surface area contributed by atoms with Gasteiger partial charge in [0.15, 0.2) is 0 Å². The number of unbranched alkanes of at least 4 members (excludes halogenated alkanes) is 1. The molecular formula is C30H28ClN3O5. The second-order valence-corrected chi connectivity index (χ2v) is 9.24. The Kier molecular flexibility index (Phi) is 8.78. The molecule has 1 heterocycles. The highest BCUT2D eigenvalue weighted by molar-refractivity contribution is 6.53. The van der Waals surface area contributed by atoms with Crippen molar-refractivity contribution in [3.8, 4) is 0 Å². The van der Waals surface area contributed by atoms with Gasteiger partial charge in [-0.2, -0.15) is 0 Å². The van der Waals surface area contributed by atoms with Crippen molar-refractivity contribution in [2.24, 2.45) is 0 Å². The van der Waals surface area contributed by atoms with Crippen LogP contribution in [0.1, 0.15) is 53.0 Å². The Morgan fingerprint density at radius 2 is 1.54 bits per heavy atom. The summed E-state index contributed by atoms with van der Waals surface area (Å²) in [5.74, 6) is -2.13. The quantitative estimate of drug-likeness (QED) is 0.243. The topological polar surface area (TPSA) is 105 Å². The number of nitrogens with one attached hydrogen (secondary N) is 2. The largest absolute Gasteiger partial charge is 0.462 e. The van der Waals surface area contributed by atoms with Gasteiger partial charge in [-0.3, -0.25) is 14.4 Å². The molecule has 8 nitrogen and oxygen atoms in total. The van der Waals surface area contributed by atoms with Crippen LogP contribution < -0.4 is 15.5 Å². The van der Waals surface area contributed by atoms with Crippen LogP contribution in [-0.2, 0) is 20.7 Å². The summed E-state index contributed by atoms with van der Waals surface area (Å²) in [7, 11) is 0. The van der Waals surface area contributed by atoms with Crippen molar-refractivity contribution in [2.75, 3.05) is 22.1 Å². The number of anilines is 3. The van der Waals surface area contributed by atoms with Gasteiger partial charge in [0, 0.05) is 16.9 Å². The lowest BCUT2D eigenvalue weighted by molar-refractivity contribution is -0.120. The van der Waals surface area contributed by atoms with Gasteiger partial charge in [0.05, 0.1) is 17.9 Å². The smallest absolute Gasteiger partial charge is 0.338 e. The van der Waals surface area contributed by atoms with E-state index >= 15 is 0 Å². The molecule has 3 aromatic carbocycles. The number of carbonyl (C=O) groups is 4. The third-order valence-corrected chi connectivity index (χ3v) is 6.42. The summed E-state index contributed by atoms with van der Waals surface area (Å²) in [4.78, 5) is 51.9. The van der Waals surface area contributed by atoms with Gasteiger partial charge in [-0.15, -0.1) is 0 Å². The van der Waals surface area contributed by atoms with Crippen molar-refractivity contribution < 1.29 is 23.9 Å². The first kappa shape index (κ1) is 27.6. The summed E-state index contributed by atoms with van der Waals surface area (Å²) in [5.41, 5.74) is 2.90. The maximum Gasteiger partial charge on any atom is 0.338 e. The normalized spacial score (nSPS) is 13.1. The number of amides is 3. The van der Waals surface area contributed by atoms with Crippen molar-refractivity contribution in [1.82, 2.24) is 0 Å². The number of rotatable bonds is 10. The molecule has 0 aliphatic carbocycles. The van der Waals surface area contributed by atoms with Crippen LogP contribution in [0.25, 0.3) is 0 Å². The van der Waals surface area contributed by atoms with Crippen LogP contribution in [0.2, 0.25) is 0 Å². The third-order valence-electron chi connectivity index (χ3n) is 6.07. The Balaban J connectivity index is 1.47. The predicted octanol–water partition coefficient (Wildman–Crippen LogP) is 5.89. The van der Waals surface area contributed by atoms with E-state index in [1.807, 2.05) is 12.1 Å². The molecular weight excluding hydrogens is 518 g/mol. The summed E-state index contributed by atoms with van der Waals surface area (Å²) in [6.07, 6.45) is 3.05. The van der Waals surface area contributed by atoms with Gasteiger partial charge in [0.25, 0.3) is 17.7 Å². The molecule has 0 spiro atoms. The Morgan fingerprint density at radius 1 is 0.872 bits per heavy atom. The van der Waals surface area contributed by atoms with Gasteiger partial charge in [-0.05, 0) is 73.9 Å². The van der Waals surface area contributed by atoms with Gasteiger partial charge < -0.3 is 15.4 Å². The maximum atomic E-state index is 13.2. The molecule has 0 saturated carbocycles. The Labute approximate surface area is 231 Å². The minimum atomic E-state index is -0.624. The molecule has 2 N–H and O–H groups in total. The lowest BCUT2D eigenvalue weighted by Crippen LogP contribution is -2.32. The fraction of sp³-hybridized carbons (Fsp3) is 0.200. The second kappa shape index (κ2) is 12.4. The van der Waals surface area contributed by atoms with E-state index in [2.05, 4.69) is 17.6 Å². The SMILES string of the molecule is CCCCc1ccc(N2C(=O)C(Cl)=C(Nc3cccc(C(=O)Nc4cccc(C(=O)OCC)c4)c3)C2=O)cc1. The van der Waals surface area contributed by atoms with Crippen molar-refractivity contribution in [2.45, 2.75) is 33.1 Å². The number of ether oxygens (including phenoxy) is 1. The number of nitrogens with zero attached hydrogens (tertiary/aromatic N) is 1. The molecule has 0 radical (unpaired) electrons. The first-order valence-electron chi connectivity index (χ1n) is 12.7. The van der Waals surface area contributed by atoms with Gasteiger partial charge in [-0.25, -0.2) is 9.69 Å². The molecule has 0 atom stereocenters. The first-order chi connectivity index (χ1) is 18.8. The summed E-state index contributed by atoms with van der Waals surface area (Å²) in [5, 5.41) is 5.41. The third kappa shape index (κ3) is 6.35. The number of hydrogen-bond acceptors (Lipinski definition) is 6. The highest BCUT2D eigenvalue weighted by atomic mass is 35.5. The fourth-order valence-electron chi connectivity index (χ4n) is 4.06. The molecule has 1 aliphatic rings. The Bertz CT molecular complexity index is 1450. The van der Waals surface area contributed by atoms with Gasteiger partial charge >= 0.3 is 5.97 Å². The number of carbonyl (C=O) groups excluding carboxylic acids is 4. The lowest BCUT2D eigenvalue weighted by Gasteiger charge is -2.16. The van der Waals surface area contributed by atoms with Crippen molar-refractivity contribution in [3.63, 3.8) is 0 Å². The van der Waals surface area contributed by atoms with Crippen LogP contribution in [0, 0.1) is 0 Å². The molecule has 0 unspecified atom stereocenters. The Hall–Kier alpha value is -4.43.